The summed E-state index contributed by atoms with van der Waals surface area (Å²) in [4.78, 5) is 27.7. The van der Waals surface area contributed by atoms with Gasteiger partial charge in [-0.15, -0.1) is 0 Å². The predicted octanol–water partition coefficient (Wildman–Crippen LogP) is 2.31. The highest BCUT2D eigenvalue weighted by molar-refractivity contribution is 5.93. The molecule has 0 aliphatic rings. The molecule has 0 aliphatic heterocycles. The second kappa shape index (κ2) is 6.54. The first-order valence-electron chi connectivity index (χ1n) is 7.59. The van der Waals surface area contributed by atoms with Crippen molar-refractivity contribution < 1.29 is 14.7 Å². The first-order valence-corrected chi connectivity index (χ1v) is 7.59. The quantitative estimate of drug-likeness (QED) is 0.755. The summed E-state index contributed by atoms with van der Waals surface area (Å²) in [6, 6.07) is 10.6. The molecule has 1 amide bonds. The summed E-state index contributed by atoms with van der Waals surface area (Å²) in [6.07, 6.45) is 3.84. The van der Waals surface area contributed by atoms with Crippen molar-refractivity contribution in [1.29, 1.82) is 0 Å². The molecule has 0 bridgehead atoms. The van der Waals surface area contributed by atoms with E-state index in [1.165, 1.54) is 6.20 Å². The average molecular weight is 323 g/mol. The van der Waals surface area contributed by atoms with E-state index in [0.29, 0.717) is 29.9 Å². The first-order chi connectivity index (χ1) is 11.6. The Kier molecular flexibility index (Phi) is 4.29. The van der Waals surface area contributed by atoms with Crippen molar-refractivity contribution >= 4 is 17.5 Å². The van der Waals surface area contributed by atoms with Crippen molar-refractivity contribution in [3.05, 3.63) is 71.2 Å². The highest BCUT2D eigenvalue weighted by Gasteiger charge is 2.13. The Balaban J connectivity index is 1.70. The van der Waals surface area contributed by atoms with E-state index in [1.54, 1.807) is 28.7 Å². The van der Waals surface area contributed by atoms with Gasteiger partial charge in [0.05, 0.1) is 11.8 Å². The number of carbonyl (C=O) groups excluding carboxylic acids is 1. The van der Waals surface area contributed by atoms with Crippen molar-refractivity contribution in [2.75, 3.05) is 6.54 Å². The Morgan fingerprint density at radius 1 is 1.21 bits per heavy atom. The number of fused-ring (bicyclic) bond motifs is 1. The number of hydrogen-bond donors (Lipinski definition) is 2. The number of aromatic carboxylic acids is 1. The van der Waals surface area contributed by atoms with Crippen molar-refractivity contribution in [2.45, 2.75) is 13.3 Å². The highest BCUT2D eigenvalue weighted by Crippen LogP contribution is 2.10. The number of benzene rings is 1. The smallest absolute Gasteiger partial charge is 0.335 e. The second-order valence-electron chi connectivity index (χ2n) is 5.55. The van der Waals surface area contributed by atoms with Crippen LogP contribution in [0.4, 0.5) is 0 Å². The van der Waals surface area contributed by atoms with Crippen LogP contribution in [0, 0.1) is 6.92 Å². The van der Waals surface area contributed by atoms with Crippen molar-refractivity contribution in [2.24, 2.45) is 0 Å². The average Bonchev–Trinajstić information content (AvgIpc) is 2.98. The van der Waals surface area contributed by atoms with Gasteiger partial charge in [0.15, 0.2) is 0 Å². The predicted molar refractivity (Wildman–Crippen MR) is 89.4 cm³/mol. The molecule has 0 fully saturated rings. The molecule has 2 heterocycles. The molecule has 3 rings (SSSR count). The monoisotopic (exact) mass is 323 g/mol. The normalized spacial score (nSPS) is 10.7. The van der Waals surface area contributed by atoms with Crippen molar-refractivity contribution in [3.63, 3.8) is 0 Å². The maximum Gasteiger partial charge on any atom is 0.335 e. The molecule has 6 nitrogen and oxygen atoms in total. The number of nitrogens with one attached hydrogen (secondary N) is 1. The molecule has 0 saturated carbocycles. The molecule has 0 aliphatic carbocycles. The summed E-state index contributed by atoms with van der Waals surface area (Å²) in [5, 5.41) is 12.0. The van der Waals surface area contributed by atoms with E-state index >= 15 is 0 Å². The Morgan fingerprint density at radius 3 is 2.79 bits per heavy atom. The third-order valence-electron chi connectivity index (χ3n) is 3.81. The second-order valence-corrected chi connectivity index (χ2v) is 5.55. The molecular formula is C18H17N3O3. The van der Waals surface area contributed by atoms with Gasteiger partial charge in [0.2, 0.25) is 0 Å². The number of aromatic nitrogens is 2. The number of aryl methyl sites for hydroxylation is 1. The minimum atomic E-state index is -0.964. The molecule has 2 N–H and O–H groups in total. The zero-order valence-corrected chi connectivity index (χ0v) is 13.2. The third-order valence-corrected chi connectivity index (χ3v) is 3.81. The lowest BCUT2D eigenvalue weighted by Crippen LogP contribution is -2.27. The number of rotatable bonds is 5. The van der Waals surface area contributed by atoms with Gasteiger partial charge in [-0.3, -0.25) is 9.20 Å². The van der Waals surface area contributed by atoms with Gasteiger partial charge < -0.3 is 10.4 Å². The van der Waals surface area contributed by atoms with E-state index in [1.807, 2.05) is 25.3 Å². The fourth-order valence-electron chi connectivity index (χ4n) is 2.60. The number of imidazole rings is 1. The lowest BCUT2D eigenvalue weighted by atomic mass is 10.0. The van der Waals surface area contributed by atoms with Gasteiger partial charge in [-0.2, -0.15) is 0 Å². The standard InChI is InChI=1S/C18H17N3O3/c1-12-6-7-16-20-10-15(21(16)11-12)17(22)19-9-8-13-4-2-3-5-14(13)18(23)24/h2-7,10-11H,8-9H2,1H3,(H,19,22)(H,23,24). The topological polar surface area (TPSA) is 83.7 Å². The molecule has 24 heavy (non-hydrogen) atoms. The maximum absolute atomic E-state index is 12.4. The number of hydrogen-bond acceptors (Lipinski definition) is 3. The molecule has 0 unspecified atom stereocenters. The van der Waals surface area contributed by atoms with Crippen molar-refractivity contribution in [3.8, 4) is 0 Å². The number of amides is 1. The lowest BCUT2D eigenvalue weighted by molar-refractivity contribution is 0.0695. The van der Waals surface area contributed by atoms with E-state index in [4.69, 9.17) is 5.11 Å². The fraction of sp³-hybridized carbons (Fsp3) is 0.167. The summed E-state index contributed by atoms with van der Waals surface area (Å²) >= 11 is 0. The molecule has 0 spiro atoms. The first kappa shape index (κ1) is 15.7. The van der Waals surface area contributed by atoms with Gasteiger partial charge in [-0.25, -0.2) is 9.78 Å². The highest BCUT2D eigenvalue weighted by atomic mass is 16.4. The van der Waals surface area contributed by atoms with Crippen LogP contribution >= 0.6 is 0 Å². The van der Waals surface area contributed by atoms with Crippen LogP contribution < -0.4 is 5.32 Å². The molecule has 0 radical (unpaired) electrons. The summed E-state index contributed by atoms with van der Waals surface area (Å²) in [7, 11) is 0. The minimum Gasteiger partial charge on any atom is -0.478 e. The number of carboxylic acid groups (broad SMARTS) is 1. The van der Waals surface area contributed by atoms with E-state index in [0.717, 1.165) is 5.56 Å². The summed E-state index contributed by atoms with van der Waals surface area (Å²) in [5.74, 6) is -1.20. The Bertz CT molecular complexity index is 915. The Morgan fingerprint density at radius 2 is 2.00 bits per heavy atom. The van der Waals surface area contributed by atoms with Crippen LogP contribution in [0.3, 0.4) is 0 Å². The van der Waals surface area contributed by atoms with Gasteiger partial charge in [0.25, 0.3) is 5.91 Å². The largest absolute Gasteiger partial charge is 0.478 e. The van der Waals surface area contributed by atoms with Crippen LogP contribution in [0.15, 0.2) is 48.8 Å². The number of carboxylic acids is 1. The molecule has 0 saturated heterocycles. The van der Waals surface area contributed by atoms with Crippen LogP contribution in [0.2, 0.25) is 0 Å². The minimum absolute atomic E-state index is 0.235. The van der Waals surface area contributed by atoms with Crippen molar-refractivity contribution in [1.82, 2.24) is 14.7 Å². The summed E-state index contributed by atoms with van der Waals surface area (Å²) in [6.45, 7) is 2.30. The van der Waals surface area contributed by atoms with Crippen LogP contribution in [0.25, 0.3) is 5.65 Å². The van der Waals surface area contributed by atoms with Crippen LogP contribution in [0.1, 0.15) is 32.0 Å². The molecule has 2 aromatic heterocycles. The lowest BCUT2D eigenvalue weighted by Gasteiger charge is -2.08. The molecule has 1 aromatic carbocycles. The molecule has 0 atom stereocenters. The number of nitrogens with zero attached hydrogens (tertiary/aromatic N) is 2. The summed E-state index contributed by atoms with van der Waals surface area (Å²) in [5.41, 5.74) is 3.16. The number of carbonyl (C=O) groups is 2. The summed E-state index contributed by atoms with van der Waals surface area (Å²) < 4.78 is 1.75. The number of pyridine rings is 1. The van der Waals surface area contributed by atoms with E-state index in [-0.39, 0.29) is 11.5 Å². The van der Waals surface area contributed by atoms with Gasteiger partial charge in [0, 0.05) is 12.7 Å². The zero-order valence-electron chi connectivity index (χ0n) is 13.2. The van der Waals surface area contributed by atoms with E-state index in [2.05, 4.69) is 10.3 Å². The van der Waals surface area contributed by atoms with Gasteiger partial charge in [0.1, 0.15) is 11.3 Å². The molecule has 122 valence electrons. The molecule has 3 aromatic rings. The Hall–Kier alpha value is -3.15. The van der Waals surface area contributed by atoms with Crippen LogP contribution in [-0.2, 0) is 6.42 Å². The van der Waals surface area contributed by atoms with Crippen LogP contribution in [-0.4, -0.2) is 32.9 Å². The molecule has 6 heteroatoms. The van der Waals surface area contributed by atoms with Gasteiger partial charge >= 0.3 is 5.97 Å². The fourth-order valence-corrected chi connectivity index (χ4v) is 2.60. The van der Waals surface area contributed by atoms with Gasteiger partial charge in [-0.1, -0.05) is 24.3 Å². The third kappa shape index (κ3) is 3.12. The van der Waals surface area contributed by atoms with Crippen LogP contribution in [0.5, 0.6) is 0 Å². The van der Waals surface area contributed by atoms with E-state index in [9.17, 15) is 9.59 Å². The van der Waals surface area contributed by atoms with Gasteiger partial charge in [-0.05, 0) is 36.6 Å². The zero-order chi connectivity index (χ0) is 17.1. The maximum atomic E-state index is 12.4. The SMILES string of the molecule is Cc1ccc2ncc(C(=O)NCCc3ccccc3C(=O)O)n2c1. The Labute approximate surface area is 138 Å². The molecular weight excluding hydrogens is 306 g/mol. The van der Waals surface area contributed by atoms with E-state index < -0.39 is 5.97 Å².